The zero-order chi connectivity index (χ0) is 16.5. The minimum atomic E-state index is 0.0963. The summed E-state index contributed by atoms with van der Waals surface area (Å²) in [6, 6.07) is 18.8. The average Bonchev–Trinajstić information content (AvgIpc) is 3.23. The summed E-state index contributed by atoms with van der Waals surface area (Å²) >= 11 is 0. The molecule has 0 aliphatic carbocycles. The van der Waals surface area contributed by atoms with Crippen LogP contribution in [0.25, 0.3) is 22.4 Å². The third-order valence-corrected chi connectivity index (χ3v) is 4.13. The van der Waals surface area contributed by atoms with Crippen molar-refractivity contribution in [3.8, 4) is 17.3 Å². The first kappa shape index (κ1) is 14.3. The molecule has 5 nitrogen and oxygen atoms in total. The standard InChI is InChI=1S/C19H15N3O2/c23-15-9-7-14(8-10-15)22-18-6-2-1-5-16(18)17(13-20-24)19(22)21-11-3-4-12-21/h1-12,23H,13H2. The predicted octanol–water partition coefficient (Wildman–Crippen LogP) is 4.39. The molecular formula is C19H15N3O2. The van der Waals surface area contributed by atoms with Crippen molar-refractivity contribution in [2.24, 2.45) is 5.18 Å². The highest BCUT2D eigenvalue weighted by molar-refractivity contribution is 5.89. The molecule has 24 heavy (non-hydrogen) atoms. The SMILES string of the molecule is O=NCc1c(-n2cccc2)n(-c2ccc(O)cc2)c2ccccc12. The van der Waals surface area contributed by atoms with Crippen molar-refractivity contribution in [3.63, 3.8) is 0 Å². The third kappa shape index (κ3) is 2.18. The Balaban J connectivity index is 2.12. The molecule has 2 aromatic heterocycles. The Morgan fingerprint density at radius 3 is 2.33 bits per heavy atom. The first-order valence-corrected chi connectivity index (χ1v) is 7.64. The highest BCUT2D eigenvalue weighted by atomic mass is 16.3. The number of phenolic OH excluding ortho intramolecular Hbond substituents is 1. The van der Waals surface area contributed by atoms with Crippen molar-refractivity contribution in [1.29, 1.82) is 0 Å². The van der Waals surface area contributed by atoms with Crippen LogP contribution in [0.1, 0.15) is 5.56 Å². The first-order chi connectivity index (χ1) is 11.8. The molecule has 0 radical (unpaired) electrons. The Labute approximate surface area is 138 Å². The Kier molecular flexibility index (Phi) is 3.39. The quantitative estimate of drug-likeness (QED) is 0.567. The smallest absolute Gasteiger partial charge is 0.127 e. The molecule has 0 bridgehead atoms. The number of hydrogen-bond acceptors (Lipinski definition) is 3. The van der Waals surface area contributed by atoms with Crippen LogP contribution in [0, 0.1) is 4.91 Å². The van der Waals surface area contributed by atoms with Gasteiger partial charge in [0.25, 0.3) is 0 Å². The summed E-state index contributed by atoms with van der Waals surface area (Å²) in [7, 11) is 0. The molecule has 0 saturated carbocycles. The molecule has 0 aliphatic rings. The minimum absolute atomic E-state index is 0.0963. The van der Waals surface area contributed by atoms with Gasteiger partial charge >= 0.3 is 0 Å². The maximum atomic E-state index is 11.0. The molecule has 118 valence electrons. The highest BCUT2D eigenvalue weighted by Crippen LogP contribution is 2.33. The van der Waals surface area contributed by atoms with E-state index in [9.17, 15) is 10.0 Å². The van der Waals surface area contributed by atoms with E-state index in [0.29, 0.717) is 0 Å². The number of phenols is 1. The summed E-state index contributed by atoms with van der Waals surface area (Å²) in [5.41, 5.74) is 2.78. The Morgan fingerprint density at radius 1 is 0.917 bits per heavy atom. The second-order valence-corrected chi connectivity index (χ2v) is 5.55. The summed E-state index contributed by atoms with van der Waals surface area (Å²) in [4.78, 5) is 11.0. The van der Waals surface area contributed by atoms with Gasteiger partial charge in [0.1, 0.15) is 18.1 Å². The Morgan fingerprint density at radius 2 is 1.62 bits per heavy atom. The van der Waals surface area contributed by atoms with Gasteiger partial charge in [-0.1, -0.05) is 23.4 Å². The second kappa shape index (κ2) is 5.70. The van der Waals surface area contributed by atoms with E-state index in [1.807, 2.05) is 65.5 Å². The molecule has 0 atom stereocenters. The van der Waals surface area contributed by atoms with Gasteiger partial charge in [0.2, 0.25) is 0 Å². The molecule has 0 aliphatic heterocycles. The molecule has 4 rings (SSSR count). The van der Waals surface area contributed by atoms with E-state index < -0.39 is 0 Å². The molecule has 2 aromatic carbocycles. The van der Waals surface area contributed by atoms with Crippen LogP contribution in [0.5, 0.6) is 5.75 Å². The van der Waals surface area contributed by atoms with Crippen LogP contribution in [-0.4, -0.2) is 14.2 Å². The van der Waals surface area contributed by atoms with Crippen molar-refractivity contribution in [1.82, 2.24) is 9.13 Å². The number of fused-ring (bicyclic) bond motifs is 1. The summed E-state index contributed by atoms with van der Waals surface area (Å²) in [6.07, 6.45) is 3.89. The Hall–Kier alpha value is -3.34. The zero-order valence-electron chi connectivity index (χ0n) is 12.8. The third-order valence-electron chi connectivity index (χ3n) is 4.13. The molecule has 0 fully saturated rings. The van der Waals surface area contributed by atoms with Crippen molar-refractivity contribution >= 4 is 10.9 Å². The second-order valence-electron chi connectivity index (χ2n) is 5.55. The molecular weight excluding hydrogens is 302 g/mol. The van der Waals surface area contributed by atoms with E-state index in [2.05, 4.69) is 9.74 Å². The maximum absolute atomic E-state index is 11.0. The summed E-state index contributed by atoms with van der Waals surface area (Å²) in [5.74, 6) is 1.10. The zero-order valence-corrected chi connectivity index (χ0v) is 12.8. The van der Waals surface area contributed by atoms with Crippen molar-refractivity contribution < 1.29 is 5.11 Å². The predicted molar refractivity (Wildman–Crippen MR) is 93.8 cm³/mol. The van der Waals surface area contributed by atoms with E-state index in [-0.39, 0.29) is 12.3 Å². The van der Waals surface area contributed by atoms with Gasteiger partial charge in [0.05, 0.1) is 5.52 Å². The minimum Gasteiger partial charge on any atom is -0.508 e. The van der Waals surface area contributed by atoms with Gasteiger partial charge in [-0.05, 0) is 42.5 Å². The van der Waals surface area contributed by atoms with Crippen molar-refractivity contribution in [3.05, 3.63) is 83.5 Å². The van der Waals surface area contributed by atoms with Gasteiger partial charge in [0.15, 0.2) is 0 Å². The highest BCUT2D eigenvalue weighted by Gasteiger charge is 2.19. The molecule has 0 amide bonds. The molecule has 2 heterocycles. The lowest BCUT2D eigenvalue weighted by molar-refractivity contribution is 0.475. The topological polar surface area (TPSA) is 59.5 Å². The fourth-order valence-electron chi connectivity index (χ4n) is 3.12. The number of para-hydroxylation sites is 1. The molecule has 0 saturated heterocycles. The lowest BCUT2D eigenvalue weighted by Gasteiger charge is -2.13. The van der Waals surface area contributed by atoms with Crippen molar-refractivity contribution in [2.75, 3.05) is 0 Å². The fraction of sp³-hybridized carbons (Fsp3) is 0.0526. The molecule has 0 unspecified atom stereocenters. The molecule has 1 N–H and O–H groups in total. The largest absolute Gasteiger partial charge is 0.508 e. The number of aromatic hydroxyl groups is 1. The summed E-state index contributed by atoms with van der Waals surface area (Å²) < 4.78 is 4.06. The van der Waals surface area contributed by atoms with Crippen LogP contribution in [0.3, 0.4) is 0 Å². The summed E-state index contributed by atoms with van der Waals surface area (Å²) in [5, 5.41) is 13.7. The number of nitroso groups, excluding NO2 is 1. The number of benzene rings is 2. The van der Waals surface area contributed by atoms with E-state index in [1.165, 1.54) is 0 Å². The van der Waals surface area contributed by atoms with Crippen LogP contribution in [0.15, 0.2) is 78.2 Å². The number of aromatic nitrogens is 2. The summed E-state index contributed by atoms with van der Waals surface area (Å²) in [6.45, 7) is 0.0963. The van der Waals surface area contributed by atoms with Gasteiger partial charge in [0, 0.05) is 29.0 Å². The molecule has 4 aromatic rings. The Bertz CT molecular complexity index is 999. The van der Waals surface area contributed by atoms with E-state index in [0.717, 1.165) is 28.0 Å². The monoisotopic (exact) mass is 317 g/mol. The maximum Gasteiger partial charge on any atom is 0.127 e. The van der Waals surface area contributed by atoms with E-state index in [1.54, 1.807) is 12.1 Å². The van der Waals surface area contributed by atoms with Crippen LogP contribution >= 0.6 is 0 Å². The lowest BCUT2D eigenvalue weighted by atomic mass is 10.1. The molecule has 5 heteroatoms. The van der Waals surface area contributed by atoms with Crippen molar-refractivity contribution in [2.45, 2.75) is 6.54 Å². The lowest BCUT2D eigenvalue weighted by Crippen LogP contribution is -2.04. The van der Waals surface area contributed by atoms with Gasteiger partial charge in [-0.3, -0.25) is 4.57 Å². The van der Waals surface area contributed by atoms with Crippen LogP contribution < -0.4 is 0 Å². The first-order valence-electron chi connectivity index (χ1n) is 7.64. The fourth-order valence-corrected chi connectivity index (χ4v) is 3.12. The van der Waals surface area contributed by atoms with Crippen LogP contribution in [-0.2, 0) is 6.54 Å². The average molecular weight is 317 g/mol. The van der Waals surface area contributed by atoms with Gasteiger partial charge in [-0.25, -0.2) is 0 Å². The van der Waals surface area contributed by atoms with Crippen LogP contribution in [0.4, 0.5) is 0 Å². The normalized spacial score (nSPS) is 11.0. The van der Waals surface area contributed by atoms with E-state index in [4.69, 9.17) is 0 Å². The molecule has 0 spiro atoms. The van der Waals surface area contributed by atoms with E-state index >= 15 is 0 Å². The van der Waals surface area contributed by atoms with Gasteiger partial charge in [-0.15, -0.1) is 0 Å². The number of rotatable bonds is 4. The van der Waals surface area contributed by atoms with Gasteiger partial charge < -0.3 is 9.67 Å². The number of hydrogen-bond donors (Lipinski definition) is 1. The van der Waals surface area contributed by atoms with Gasteiger partial charge in [-0.2, -0.15) is 4.91 Å². The van der Waals surface area contributed by atoms with Crippen LogP contribution in [0.2, 0.25) is 0 Å². The number of nitrogens with zero attached hydrogens (tertiary/aromatic N) is 3.